The van der Waals surface area contributed by atoms with E-state index in [0.29, 0.717) is 6.61 Å². The van der Waals surface area contributed by atoms with Crippen LogP contribution < -0.4 is 10.1 Å². The highest BCUT2D eigenvalue weighted by Gasteiger charge is 2.10. The zero-order valence-electron chi connectivity index (χ0n) is 11.6. The topological polar surface area (TPSA) is 34.1 Å². The van der Waals surface area contributed by atoms with Gasteiger partial charge in [0, 0.05) is 22.9 Å². The number of para-hydroxylation sites is 1. The SMILES string of the molecule is CCNC(COc1ccccc1)Cc1cncc(Br)c1. The van der Waals surface area contributed by atoms with Crippen LogP contribution in [0.3, 0.4) is 0 Å². The fraction of sp³-hybridized carbons (Fsp3) is 0.312. The molecular weight excluding hydrogens is 316 g/mol. The molecule has 2 aromatic rings. The number of ether oxygens (including phenoxy) is 1. The molecule has 1 aromatic heterocycles. The van der Waals surface area contributed by atoms with Crippen molar-refractivity contribution in [2.24, 2.45) is 0 Å². The van der Waals surface area contributed by atoms with E-state index in [4.69, 9.17) is 4.74 Å². The van der Waals surface area contributed by atoms with E-state index in [1.807, 2.05) is 36.5 Å². The summed E-state index contributed by atoms with van der Waals surface area (Å²) in [5, 5.41) is 3.45. The lowest BCUT2D eigenvalue weighted by atomic mass is 10.1. The van der Waals surface area contributed by atoms with E-state index in [0.717, 1.165) is 23.2 Å². The second-order valence-corrected chi connectivity index (χ2v) is 5.51. The molecule has 1 heterocycles. The highest BCUT2D eigenvalue weighted by atomic mass is 79.9. The zero-order valence-corrected chi connectivity index (χ0v) is 13.1. The van der Waals surface area contributed by atoms with Crippen LogP contribution in [0.15, 0.2) is 53.3 Å². The number of hydrogen-bond acceptors (Lipinski definition) is 3. The molecule has 0 bridgehead atoms. The van der Waals surface area contributed by atoms with Gasteiger partial charge in [0.2, 0.25) is 0 Å². The summed E-state index contributed by atoms with van der Waals surface area (Å²) in [6, 6.07) is 12.3. The molecular formula is C16H19BrN2O. The maximum atomic E-state index is 5.83. The summed E-state index contributed by atoms with van der Waals surface area (Å²) in [6.45, 7) is 3.67. The fourth-order valence-electron chi connectivity index (χ4n) is 2.04. The Kier molecular flexibility index (Phi) is 6.02. The molecule has 3 nitrogen and oxygen atoms in total. The normalized spacial score (nSPS) is 12.1. The first kappa shape index (κ1) is 15.0. The Morgan fingerprint density at radius 1 is 1.25 bits per heavy atom. The van der Waals surface area contributed by atoms with E-state index in [1.165, 1.54) is 5.56 Å². The van der Waals surface area contributed by atoms with Crippen LogP contribution in [0.5, 0.6) is 5.75 Å². The van der Waals surface area contributed by atoms with Gasteiger partial charge in [-0.25, -0.2) is 0 Å². The number of nitrogens with one attached hydrogen (secondary N) is 1. The number of likely N-dealkylation sites (N-methyl/N-ethyl adjacent to an activating group) is 1. The third kappa shape index (κ3) is 4.94. The van der Waals surface area contributed by atoms with Crippen molar-refractivity contribution in [2.45, 2.75) is 19.4 Å². The fourth-order valence-corrected chi connectivity index (χ4v) is 2.46. The Balaban J connectivity index is 1.93. The van der Waals surface area contributed by atoms with Crippen molar-refractivity contribution >= 4 is 15.9 Å². The van der Waals surface area contributed by atoms with Gasteiger partial charge in [0.15, 0.2) is 0 Å². The Morgan fingerprint density at radius 2 is 2.05 bits per heavy atom. The number of aromatic nitrogens is 1. The predicted octanol–water partition coefficient (Wildman–Crippen LogP) is 3.44. The molecule has 0 aliphatic rings. The molecule has 1 N–H and O–H groups in total. The molecule has 0 radical (unpaired) electrons. The summed E-state index contributed by atoms with van der Waals surface area (Å²) in [6.07, 6.45) is 4.59. The van der Waals surface area contributed by atoms with Crippen molar-refractivity contribution in [3.05, 3.63) is 58.8 Å². The highest BCUT2D eigenvalue weighted by Crippen LogP contribution is 2.13. The lowest BCUT2D eigenvalue weighted by Crippen LogP contribution is -2.36. The molecule has 4 heteroatoms. The van der Waals surface area contributed by atoms with E-state index < -0.39 is 0 Å². The van der Waals surface area contributed by atoms with Crippen molar-refractivity contribution < 1.29 is 4.74 Å². The summed E-state index contributed by atoms with van der Waals surface area (Å²) in [7, 11) is 0. The number of benzene rings is 1. The maximum Gasteiger partial charge on any atom is 0.119 e. The summed E-state index contributed by atoms with van der Waals surface area (Å²) in [5.74, 6) is 0.905. The van der Waals surface area contributed by atoms with Crippen LogP contribution in [0.25, 0.3) is 0 Å². The summed E-state index contributed by atoms with van der Waals surface area (Å²) in [4.78, 5) is 4.20. The van der Waals surface area contributed by atoms with Crippen LogP contribution in [-0.2, 0) is 6.42 Å². The largest absolute Gasteiger partial charge is 0.492 e. The molecule has 0 saturated heterocycles. The number of rotatable bonds is 7. The van der Waals surface area contributed by atoms with Crippen molar-refractivity contribution in [3.8, 4) is 5.75 Å². The van der Waals surface area contributed by atoms with Gasteiger partial charge in [-0.1, -0.05) is 25.1 Å². The summed E-state index contributed by atoms with van der Waals surface area (Å²) >= 11 is 3.45. The van der Waals surface area contributed by atoms with E-state index in [2.05, 4.69) is 39.2 Å². The summed E-state index contributed by atoms with van der Waals surface area (Å²) < 4.78 is 6.84. The predicted molar refractivity (Wildman–Crippen MR) is 85.0 cm³/mol. The Morgan fingerprint density at radius 3 is 2.75 bits per heavy atom. The molecule has 1 aromatic carbocycles. The summed E-state index contributed by atoms with van der Waals surface area (Å²) in [5.41, 5.74) is 1.20. The van der Waals surface area contributed by atoms with Gasteiger partial charge >= 0.3 is 0 Å². The average Bonchev–Trinajstić information content (AvgIpc) is 2.46. The van der Waals surface area contributed by atoms with Crippen molar-refractivity contribution in [1.82, 2.24) is 10.3 Å². The third-order valence-corrected chi connectivity index (χ3v) is 3.36. The molecule has 0 amide bonds. The van der Waals surface area contributed by atoms with Gasteiger partial charge in [0.1, 0.15) is 12.4 Å². The molecule has 20 heavy (non-hydrogen) atoms. The van der Waals surface area contributed by atoms with Crippen LogP contribution in [-0.4, -0.2) is 24.2 Å². The third-order valence-electron chi connectivity index (χ3n) is 2.93. The smallest absolute Gasteiger partial charge is 0.119 e. The second kappa shape index (κ2) is 8.02. The molecule has 0 saturated carbocycles. The van der Waals surface area contributed by atoms with Gasteiger partial charge in [-0.15, -0.1) is 0 Å². The molecule has 0 spiro atoms. The van der Waals surface area contributed by atoms with Gasteiger partial charge < -0.3 is 10.1 Å². The number of nitrogens with zero attached hydrogens (tertiary/aromatic N) is 1. The van der Waals surface area contributed by atoms with Gasteiger partial charge in [0.05, 0.1) is 0 Å². The number of halogens is 1. The zero-order chi connectivity index (χ0) is 14.2. The molecule has 1 unspecified atom stereocenters. The van der Waals surface area contributed by atoms with Crippen LogP contribution >= 0.6 is 15.9 Å². The van der Waals surface area contributed by atoms with Gasteiger partial charge in [0.25, 0.3) is 0 Å². The van der Waals surface area contributed by atoms with Gasteiger partial charge in [-0.2, -0.15) is 0 Å². The first-order valence-corrected chi connectivity index (χ1v) is 7.58. The number of hydrogen-bond donors (Lipinski definition) is 1. The van der Waals surface area contributed by atoms with Crippen molar-refractivity contribution in [2.75, 3.05) is 13.2 Å². The minimum atomic E-state index is 0.274. The maximum absolute atomic E-state index is 5.83. The minimum absolute atomic E-state index is 0.274. The monoisotopic (exact) mass is 334 g/mol. The standard InChI is InChI=1S/C16H19BrN2O/c1-2-19-15(9-13-8-14(17)11-18-10-13)12-20-16-6-4-3-5-7-16/h3-8,10-11,15,19H,2,9,12H2,1H3. The van der Waals surface area contributed by atoms with E-state index in [9.17, 15) is 0 Å². The molecule has 0 aliphatic carbocycles. The van der Waals surface area contributed by atoms with Crippen LogP contribution in [0.1, 0.15) is 12.5 Å². The lowest BCUT2D eigenvalue weighted by molar-refractivity contribution is 0.265. The van der Waals surface area contributed by atoms with E-state index in [1.54, 1.807) is 6.20 Å². The highest BCUT2D eigenvalue weighted by molar-refractivity contribution is 9.10. The van der Waals surface area contributed by atoms with Crippen LogP contribution in [0, 0.1) is 0 Å². The quantitative estimate of drug-likeness (QED) is 0.842. The van der Waals surface area contributed by atoms with Crippen LogP contribution in [0.2, 0.25) is 0 Å². The first-order chi connectivity index (χ1) is 9.78. The van der Waals surface area contributed by atoms with E-state index in [-0.39, 0.29) is 6.04 Å². The molecule has 1 atom stereocenters. The second-order valence-electron chi connectivity index (χ2n) is 4.59. The Labute approximate surface area is 128 Å². The molecule has 106 valence electrons. The lowest BCUT2D eigenvalue weighted by Gasteiger charge is -2.18. The number of pyridine rings is 1. The van der Waals surface area contributed by atoms with Crippen LogP contribution in [0.4, 0.5) is 0 Å². The minimum Gasteiger partial charge on any atom is -0.492 e. The molecule has 0 fully saturated rings. The van der Waals surface area contributed by atoms with E-state index >= 15 is 0 Å². The average molecular weight is 335 g/mol. The first-order valence-electron chi connectivity index (χ1n) is 6.78. The van der Waals surface area contributed by atoms with Gasteiger partial charge in [-0.3, -0.25) is 4.98 Å². The van der Waals surface area contributed by atoms with Crippen molar-refractivity contribution in [3.63, 3.8) is 0 Å². The van der Waals surface area contributed by atoms with Gasteiger partial charge in [-0.05, 0) is 52.7 Å². The Bertz CT molecular complexity index is 519. The Hall–Kier alpha value is -1.39. The molecule has 0 aliphatic heterocycles. The molecule has 2 rings (SSSR count). The van der Waals surface area contributed by atoms with Crippen molar-refractivity contribution in [1.29, 1.82) is 0 Å².